The molecule has 0 fully saturated rings. The van der Waals surface area contributed by atoms with Crippen LogP contribution in [-0.2, 0) is 16.1 Å². The van der Waals surface area contributed by atoms with E-state index in [9.17, 15) is 9.59 Å². The van der Waals surface area contributed by atoms with Crippen LogP contribution in [0.3, 0.4) is 0 Å². The van der Waals surface area contributed by atoms with Crippen LogP contribution >= 0.6 is 15.9 Å². The van der Waals surface area contributed by atoms with E-state index in [1.165, 1.54) is 11.8 Å². The highest BCUT2D eigenvalue weighted by atomic mass is 79.9. The highest BCUT2D eigenvalue weighted by Gasteiger charge is 2.28. The average Bonchev–Trinajstić information content (AvgIpc) is 3.05. The molecule has 0 unspecified atom stereocenters. The van der Waals surface area contributed by atoms with Gasteiger partial charge >= 0.3 is 11.9 Å². The van der Waals surface area contributed by atoms with Crippen molar-refractivity contribution in [2.75, 3.05) is 19.7 Å². The summed E-state index contributed by atoms with van der Waals surface area (Å²) in [6.45, 7) is 10.2. The summed E-state index contributed by atoms with van der Waals surface area (Å²) in [6.07, 6.45) is 0. The smallest absolute Gasteiger partial charge is 0.340 e. The van der Waals surface area contributed by atoms with Crippen molar-refractivity contribution in [1.82, 2.24) is 4.57 Å². The molecule has 164 valence electrons. The zero-order chi connectivity index (χ0) is 22.5. The zero-order valence-electron chi connectivity index (χ0n) is 18.3. The summed E-state index contributed by atoms with van der Waals surface area (Å²) in [5.74, 6) is -0.426. The second-order valence-electron chi connectivity index (χ2n) is 7.24. The number of aromatic nitrogens is 1. The van der Waals surface area contributed by atoms with E-state index in [4.69, 9.17) is 9.47 Å². The number of benzene rings is 2. The van der Waals surface area contributed by atoms with Gasteiger partial charge in [-0.25, -0.2) is 4.79 Å². The lowest BCUT2D eigenvalue weighted by Crippen LogP contribution is -3.10. The molecule has 1 aromatic heterocycles. The van der Waals surface area contributed by atoms with E-state index >= 15 is 0 Å². The molecule has 2 aromatic carbocycles. The fourth-order valence-corrected chi connectivity index (χ4v) is 4.19. The van der Waals surface area contributed by atoms with Gasteiger partial charge in [0.05, 0.1) is 40.9 Å². The minimum Gasteiger partial charge on any atom is -0.462 e. The Balaban J connectivity index is 2.39. The topological polar surface area (TPSA) is 62.0 Å². The second-order valence-corrected chi connectivity index (χ2v) is 8.09. The number of halogens is 1. The van der Waals surface area contributed by atoms with E-state index in [-0.39, 0.29) is 12.6 Å². The normalized spacial score (nSPS) is 11.2. The van der Waals surface area contributed by atoms with Gasteiger partial charge in [0.1, 0.15) is 12.3 Å². The van der Waals surface area contributed by atoms with Gasteiger partial charge in [0.25, 0.3) is 0 Å². The zero-order valence-corrected chi connectivity index (χ0v) is 19.9. The van der Waals surface area contributed by atoms with E-state index in [1.807, 2.05) is 36.4 Å². The third-order valence-corrected chi connectivity index (χ3v) is 5.90. The van der Waals surface area contributed by atoms with Gasteiger partial charge in [-0.15, -0.1) is 0 Å². The Hall–Kier alpha value is -2.64. The van der Waals surface area contributed by atoms with E-state index in [0.717, 1.165) is 30.0 Å². The van der Waals surface area contributed by atoms with Crippen molar-refractivity contribution in [3.8, 4) is 11.4 Å². The SMILES string of the molecule is CCOC(=O)c1c(C[NH+](CC)CC)n(-c2ccccc2)c2cc(Br)c(OC(C)=O)cc12. The van der Waals surface area contributed by atoms with Gasteiger partial charge in [0, 0.05) is 18.0 Å². The maximum absolute atomic E-state index is 13.1. The summed E-state index contributed by atoms with van der Waals surface area (Å²) in [6, 6.07) is 13.6. The number of para-hydroxylation sites is 1. The lowest BCUT2D eigenvalue weighted by molar-refractivity contribution is -0.910. The number of quaternary nitrogens is 1. The van der Waals surface area contributed by atoms with Gasteiger partial charge in [-0.3, -0.25) is 4.79 Å². The highest BCUT2D eigenvalue weighted by molar-refractivity contribution is 9.10. The van der Waals surface area contributed by atoms with Crippen molar-refractivity contribution in [1.29, 1.82) is 0 Å². The minimum absolute atomic E-state index is 0.280. The fourth-order valence-electron chi connectivity index (χ4n) is 3.78. The number of nitrogens with one attached hydrogen (secondary N) is 1. The molecule has 0 atom stereocenters. The maximum atomic E-state index is 13.1. The molecule has 0 aliphatic rings. The molecule has 6 nitrogen and oxygen atoms in total. The lowest BCUT2D eigenvalue weighted by Gasteiger charge is -2.18. The Bertz CT molecular complexity index is 1090. The first-order valence-electron chi connectivity index (χ1n) is 10.5. The Labute approximate surface area is 190 Å². The third-order valence-electron chi connectivity index (χ3n) is 5.28. The minimum atomic E-state index is -0.423. The Morgan fingerprint density at radius 3 is 2.32 bits per heavy atom. The lowest BCUT2D eigenvalue weighted by atomic mass is 10.1. The van der Waals surface area contributed by atoms with Crippen molar-refractivity contribution in [3.05, 3.63) is 58.2 Å². The molecule has 3 aromatic rings. The van der Waals surface area contributed by atoms with E-state index in [1.54, 1.807) is 13.0 Å². The van der Waals surface area contributed by atoms with Crippen molar-refractivity contribution in [2.45, 2.75) is 34.2 Å². The monoisotopic (exact) mass is 487 g/mol. The first-order valence-corrected chi connectivity index (χ1v) is 11.3. The number of nitrogens with zero attached hydrogens (tertiary/aromatic N) is 1. The molecular formula is C24H28BrN2O4+. The van der Waals surface area contributed by atoms with Crippen LogP contribution in [0.2, 0.25) is 0 Å². The van der Waals surface area contributed by atoms with E-state index in [0.29, 0.717) is 27.7 Å². The number of rotatable bonds is 8. The Morgan fingerprint density at radius 2 is 1.74 bits per heavy atom. The summed E-state index contributed by atoms with van der Waals surface area (Å²) in [5.41, 5.74) is 3.20. The van der Waals surface area contributed by atoms with Gasteiger partial charge in [-0.1, -0.05) is 18.2 Å². The van der Waals surface area contributed by atoms with Crippen LogP contribution in [0.1, 0.15) is 43.7 Å². The molecule has 31 heavy (non-hydrogen) atoms. The third kappa shape index (κ3) is 4.83. The van der Waals surface area contributed by atoms with E-state index in [2.05, 4.69) is 34.3 Å². The number of esters is 2. The molecule has 7 heteroatoms. The largest absolute Gasteiger partial charge is 0.462 e. The predicted molar refractivity (Wildman–Crippen MR) is 124 cm³/mol. The van der Waals surface area contributed by atoms with Gasteiger partial charge in [0.15, 0.2) is 0 Å². The molecule has 0 saturated carbocycles. The molecular weight excluding hydrogens is 460 g/mol. The number of carbonyl (C=O) groups is 2. The molecule has 1 N–H and O–H groups in total. The first kappa shape index (κ1) is 23.0. The molecule has 3 rings (SSSR count). The number of fused-ring (bicyclic) bond motifs is 1. The van der Waals surface area contributed by atoms with Gasteiger partial charge in [-0.05, 0) is 61.0 Å². The van der Waals surface area contributed by atoms with Gasteiger partial charge < -0.3 is 18.9 Å². The van der Waals surface area contributed by atoms with Crippen molar-refractivity contribution < 1.29 is 24.0 Å². The maximum Gasteiger partial charge on any atom is 0.340 e. The van der Waals surface area contributed by atoms with Crippen LogP contribution in [0, 0.1) is 0 Å². The van der Waals surface area contributed by atoms with Crippen LogP contribution in [0.4, 0.5) is 0 Å². The summed E-state index contributed by atoms with van der Waals surface area (Å²) < 4.78 is 13.6. The fraction of sp³-hybridized carbons (Fsp3) is 0.333. The van der Waals surface area contributed by atoms with Crippen LogP contribution < -0.4 is 9.64 Å². The quantitative estimate of drug-likeness (QED) is 0.386. The Morgan fingerprint density at radius 1 is 1.06 bits per heavy atom. The summed E-state index contributed by atoms with van der Waals surface area (Å²) in [4.78, 5) is 26.1. The number of ether oxygens (including phenoxy) is 2. The number of hydrogen-bond acceptors (Lipinski definition) is 4. The van der Waals surface area contributed by atoms with Crippen molar-refractivity contribution in [2.24, 2.45) is 0 Å². The number of hydrogen-bond donors (Lipinski definition) is 1. The molecule has 1 heterocycles. The summed E-state index contributed by atoms with van der Waals surface area (Å²) >= 11 is 3.52. The highest BCUT2D eigenvalue weighted by Crippen LogP contribution is 2.37. The summed E-state index contributed by atoms with van der Waals surface area (Å²) in [5, 5.41) is 0.698. The van der Waals surface area contributed by atoms with E-state index < -0.39 is 5.97 Å². The molecule has 0 bridgehead atoms. The second kappa shape index (κ2) is 10.1. The molecule has 0 saturated heterocycles. The molecule has 0 radical (unpaired) electrons. The van der Waals surface area contributed by atoms with Gasteiger partial charge in [-0.2, -0.15) is 0 Å². The molecule has 0 spiro atoms. The number of carbonyl (C=O) groups excluding carboxylic acids is 2. The van der Waals surface area contributed by atoms with Crippen LogP contribution in [0.25, 0.3) is 16.6 Å². The Kier molecular flexibility index (Phi) is 7.51. The standard InChI is InChI=1S/C24H27BrN2O4/c1-5-26(6-2)15-21-23(24(29)30-7-3)18-13-22(31-16(4)28)19(25)14-20(18)27(21)17-11-9-8-10-12-17/h8-14H,5-7,15H2,1-4H3/p+1. The van der Waals surface area contributed by atoms with Crippen LogP contribution in [0.15, 0.2) is 46.9 Å². The molecule has 0 amide bonds. The first-order chi connectivity index (χ1) is 14.9. The molecule has 0 aliphatic carbocycles. The predicted octanol–water partition coefficient (Wildman–Crippen LogP) is 3.92. The van der Waals surface area contributed by atoms with Gasteiger partial charge in [0.2, 0.25) is 0 Å². The summed E-state index contributed by atoms with van der Waals surface area (Å²) in [7, 11) is 0. The van der Waals surface area contributed by atoms with Crippen molar-refractivity contribution in [3.63, 3.8) is 0 Å². The van der Waals surface area contributed by atoms with Crippen LogP contribution in [0.5, 0.6) is 5.75 Å². The van der Waals surface area contributed by atoms with Crippen LogP contribution in [-0.4, -0.2) is 36.2 Å². The molecule has 0 aliphatic heterocycles. The van der Waals surface area contributed by atoms with Crippen molar-refractivity contribution >= 4 is 38.8 Å². The average molecular weight is 488 g/mol.